The lowest BCUT2D eigenvalue weighted by atomic mass is 10.1. The highest BCUT2D eigenvalue weighted by Gasteiger charge is 2.35. The Balaban J connectivity index is 3.19. The van der Waals surface area contributed by atoms with Crippen LogP contribution in [-0.4, -0.2) is 27.0 Å². The largest absolute Gasteiger partial charge is 0.468 e. The average Bonchev–Trinajstić information content (AvgIpc) is 2.29. The number of hydrogen-bond acceptors (Lipinski definition) is 4. The van der Waals surface area contributed by atoms with Gasteiger partial charge in [-0.3, -0.25) is 4.79 Å². The summed E-state index contributed by atoms with van der Waals surface area (Å²) in [6, 6.07) is 3.72. The van der Waals surface area contributed by atoms with E-state index in [2.05, 4.69) is 9.46 Å². The summed E-state index contributed by atoms with van der Waals surface area (Å²) in [5.41, 5.74) is -0.887. The fraction of sp³-hybridized carbons (Fsp3) is 0.417. The van der Waals surface area contributed by atoms with Crippen molar-refractivity contribution >= 4 is 16.0 Å². The van der Waals surface area contributed by atoms with Crippen LogP contribution in [-0.2, 0) is 19.6 Å². The van der Waals surface area contributed by atoms with E-state index in [1.54, 1.807) is 6.92 Å². The Morgan fingerprint density at radius 2 is 1.95 bits per heavy atom. The lowest BCUT2D eigenvalue weighted by Gasteiger charge is -2.23. The van der Waals surface area contributed by atoms with Crippen LogP contribution in [0.25, 0.3) is 0 Å². The maximum atomic E-state index is 13.6. The summed E-state index contributed by atoms with van der Waals surface area (Å²) < 4.78 is 44.4. The number of aryl methyl sites for hydroxylation is 1. The van der Waals surface area contributed by atoms with Gasteiger partial charge in [-0.25, -0.2) is 12.8 Å². The summed E-state index contributed by atoms with van der Waals surface area (Å²) >= 11 is 0. The van der Waals surface area contributed by atoms with E-state index in [1.807, 2.05) is 0 Å². The second-order valence-corrected chi connectivity index (χ2v) is 6.31. The molecule has 1 rings (SSSR count). The molecule has 0 amide bonds. The SMILES string of the molecule is COC(=O)C(C)(C)NS(=O)(=O)c1cc(C)ccc1F. The number of esters is 1. The van der Waals surface area contributed by atoms with Gasteiger partial charge in [0.1, 0.15) is 16.3 Å². The van der Waals surface area contributed by atoms with Gasteiger partial charge < -0.3 is 4.74 Å². The first kappa shape index (κ1) is 15.6. The number of nitrogens with one attached hydrogen (secondary N) is 1. The Bertz CT molecular complexity index is 596. The highest BCUT2D eigenvalue weighted by Crippen LogP contribution is 2.18. The first-order valence-electron chi connectivity index (χ1n) is 5.49. The Labute approximate surface area is 111 Å². The number of rotatable bonds is 4. The van der Waals surface area contributed by atoms with E-state index in [0.29, 0.717) is 5.56 Å². The monoisotopic (exact) mass is 289 g/mol. The molecule has 0 aliphatic carbocycles. The van der Waals surface area contributed by atoms with Gasteiger partial charge in [-0.2, -0.15) is 4.72 Å². The molecule has 0 aliphatic rings. The molecule has 0 saturated carbocycles. The summed E-state index contributed by atoms with van der Waals surface area (Å²) in [4.78, 5) is 11.0. The smallest absolute Gasteiger partial charge is 0.326 e. The van der Waals surface area contributed by atoms with Gasteiger partial charge in [-0.05, 0) is 38.5 Å². The highest BCUT2D eigenvalue weighted by atomic mass is 32.2. The van der Waals surface area contributed by atoms with E-state index in [0.717, 1.165) is 13.2 Å². The Kier molecular flexibility index (Phi) is 4.32. The highest BCUT2D eigenvalue weighted by molar-refractivity contribution is 7.89. The molecule has 1 aromatic carbocycles. The van der Waals surface area contributed by atoms with Crippen LogP contribution in [0.3, 0.4) is 0 Å². The van der Waals surface area contributed by atoms with Crippen LogP contribution in [0.1, 0.15) is 19.4 Å². The maximum absolute atomic E-state index is 13.6. The number of hydrogen-bond donors (Lipinski definition) is 1. The van der Waals surface area contributed by atoms with Crippen molar-refractivity contribution in [3.8, 4) is 0 Å². The number of carbonyl (C=O) groups is 1. The molecule has 0 radical (unpaired) electrons. The molecule has 0 fully saturated rings. The van der Waals surface area contributed by atoms with Crippen molar-refractivity contribution < 1.29 is 22.3 Å². The number of ether oxygens (including phenoxy) is 1. The van der Waals surface area contributed by atoms with Crippen molar-refractivity contribution in [3.63, 3.8) is 0 Å². The molecular weight excluding hydrogens is 273 g/mol. The lowest BCUT2D eigenvalue weighted by molar-refractivity contribution is -0.146. The van der Waals surface area contributed by atoms with Gasteiger partial charge in [-0.15, -0.1) is 0 Å². The van der Waals surface area contributed by atoms with E-state index >= 15 is 0 Å². The van der Waals surface area contributed by atoms with Crippen LogP contribution in [0.4, 0.5) is 4.39 Å². The van der Waals surface area contributed by atoms with Crippen molar-refractivity contribution in [2.45, 2.75) is 31.2 Å². The minimum atomic E-state index is -4.15. The lowest BCUT2D eigenvalue weighted by Crippen LogP contribution is -2.50. The van der Waals surface area contributed by atoms with Crippen LogP contribution >= 0.6 is 0 Å². The molecule has 0 heterocycles. The van der Waals surface area contributed by atoms with Gasteiger partial charge in [0.05, 0.1) is 7.11 Å². The summed E-state index contributed by atoms with van der Waals surface area (Å²) in [5.74, 6) is -1.64. The first-order chi connectivity index (χ1) is 8.60. The molecule has 0 bridgehead atoms. The molecule has 0 spiro atoms. The normalized spacial score (nSPS) is 12.3. The minimum absolute atomic E-state index is 0.496. The summed E-state index contributed by atoms with van der Waals surface area (Å²) in [5, 5.41) is 0. The molecule has 19 heavy (non-hydrogen) atoms. The van der Waals surface area contributed by atoms with Gasteiger partial charge >= 0.3 is 5.97 Å². The van der Waals surface area contributed by atoms with E-state index < -0.39 is 32.2 Å². The zero-order valence-electron chi connectivity index (χ0n) is 11.2. The van der Waals surface area contributed by atoms with E-state index in [9.17, 15) is 17.6 Å². The van der Waals surface area contributed by atoms with Crippen LogP contribution < -0.4 is 4.72 Å². The Morgan fingerprint density at radius 1 is 1.37 bits per heavy atom. The second-order valence-electron chi connectivity index (χ2n) is 4.66. The summed E-state index contributed by atoms with van der Waals surface area (Å²) in [6.07, 6.45) is 0. The maximum Gasteiger partial charge on any atom is 0.326 e. The molecule has 0 aromatic heterocycles. The fourth-order valence-electron chi connectivity index (χ4n) is 1.50. The zero-order valence-corrected chi connectivity index (χ0v) is 12.0. The Morgan fingerprint density at radius 3 is 2.47 bits per heavy atom. The molecule has 1 N–H and O–H groups in total. The summed E-state index contributed by atoms with van der Waals surface area (Å²) in [7, 11) is -3.01. The molecular formula is C12H16FNO4S. The van der Waals surface area contributed by atoms with Crippen molar-refractivity contribution in [2.24, 2.45) is 0 Å². The molecule has 0 atom stereocenters. The van der Waals surface area contributed by atoms with E-state index in [4.69, 9.17) is 0 Å². The molecule has 1 aromatic rings. The Hall–Kier alpha value is -1.47. The molecule has 106 valence electrons. The van der Waals surface area contributed by atoms with Gasteiger partial charge in [0.25, 0.3) is 0 Å². The van der Waals surface area contributed by atoms with Gasteiger partial charge in [0.15, 0.2) is 0 Å². The number of sulfonamides is 1. The van der Waals surface area contributed by atoms with Crippen molar-refractivity contribution in [1.82, 2.24) is 4.72 Å². The predicted molar refractivity (Wildman–Crippen MR) is 67.6 cm³/mol. The third-order valence-corrected chi connectivity index (χ3v) is 4.13. The third-order valence-electron chi connectivity index (χ3n) is 2.46. The number of carbonyl (C=O) groups excluding carboxylic acids is 1. The van der Waals surface area contributed by atoms with Crippen LogP contribution in [0.15, 0.2) is 23.1 Å². The number of halogens is 1. The van der Waals surface area contributed by atoms with Crippen LogP contribution in [0, 0.1) is 12.7 Å². The molecule has 0 saturated heterocycles. The molecule has 0 aliphatic heterocycles. The third kappa shape index (κ3) is 3.51. The number of methoxy groups -OCH3 is 1. The second kappa shape index (κ2) is 5.26. The fourth-order valence-corrected chi connectivity index (χ4v) is 3.04. The quantitative estimate of drug-likeness (QED) is 0.850. The predicted octanol–water partition coefficient (Wildman–Crippen LogP) is 1.36. The molecule has 5 nitrogen and oxygen atoms in total. The van der Waals surface area contributed by atoms with E-state index in [1.165, 1.54) is 26.0 Å². The average molecular weight is 289 g/mol. The zero-order chi connectivity index (χ0) is 14.8. The standard InChI is InChI=1S/C12H16FNO4S/c1-8-5-6-9(13)10(7-8)19(16,17)14-12(2,3)11(15)18-4/h5-7,14H,1-4H3. The van der Waals surface area contributed by atoms with Crippen molar-refractivity contribution in [3.05, 3.63) is 29.6 Å². The molecule has 0 unspecified atom stereocenters. The first-order valence-corrected chi connectivity index (χ1v) is 6.97. The minimum Gasteiger partial charge on any atom is -0.468 e. The van der Waals surface area contributed by atoms with Gasteiger partial charge in [-0.1, -0.05) is 6.07 Å². The van der Waals surface area contributed by atoms with Crippen LogP contribution in [0.5, 0.6) is 0 Å². The number of benzene rings is 1. The van der Waals surface area contributed by atoms with Crippen molar-refractivity contribution in [1.29, 1.82) is 0 Å². The van der Waals surface area contributed by atoms with Crippen molar-refractivity contribution in [2.75, 3.05) is 7.11 Å². The molecule has 7 heteroatoms. The van der Waals surface area contributed by atoms with Crippen LogP contribution in [0.2, 0.25) is 0 Å². The topological polar surface area (TPSA) is 72.5 Å². The van der Waals surface area contributed by atoms with Gasteiger partial charge in [0.2, 0.25) is 10.0 Å². The van der Waals surface area contributed by atoms with Gasteiger partial charge in [0, 0.05) is 0 Å². The summed E-state index contributed by atoms with van der Waals surface area (Å²) in [6.45, 7) is 4.32. The van der Waals surface area contributed by atoms with E-state index in [-0.39, 0.29) is 0 Å².